The number of hydrogen-bond acceptors (Lipinski definition) is 6. The molecule has 1 amide bonds. The fraction of sp³-hybridized carbons (Fsp3) is 0.286. The van der Waals surface area contributed by atoms with Gasteiger partial charge in [0.15, 0.2) is 6.10 Å². The lowest BCUT2D eigenvalue weighted by Crippen LogP contribution is -2.30. The molecule has 3 aromatic rings. The molecule has 28 heavy (non-hydrogen) atoms. The van der Waals surface area contributed by atoms with Gasteiger partial charge in [-0.15, -0.1) is 0 Å². The van der Waals surface area contributed by atoms with Gasteiger partial charge in [0.1, 0.15) is 11.5 Å². The first kappa shape index (κ1) is 19.4. The lowest BCUT2D eigenvalue weighted by Gasteiger charge is -2.14. The molecule has 146 valence electrons. The molecule has 7 heteroatoms. The van der Waals surface area contributed by atoms with Crippen molar-refractivity contribution in [1.82, 2.24) is 10.1 Å². The Morgan fingerprint density at radius 3 is 2.50 bits per heavy atom. The van der Waals surface area contributed by atoms with E-state index in [0.29, 0.717) is 18.2 Å². The molecule has 0 fully saturated rings. The predicted octanol–water partition coefficient (Wildman–Crippen LogP) is 4.16. The van der Waals surface area contributed by atoms with Gasteiger partial charge in [0.05, 0.1) is 6.61 Å². The summed E-state index contributed by atoms with van der Waals surface area (Å²) >= 11 is 0. The summed E-state index contributed by atoms with van der Waals surface area (Å²) in [6.07, 6.45) is -0.713. The molecule has 0 saturated heterocycles. The summed E-state index contributed by atoms with van der Waals surface area (Å²) < 4.78 is 16.3. The van der Waals surface area contributed by atoms with E-state index in [4.69, 9.17) is 14.0 Å². The number of amides is 1. The second kappa shape index (κ2) is 8.56. The number of aryl methyl sites for hydroxylation is 2. The summed E-state index contributed by atoms with van der Waals surface area (Å²) in [5, 5.41) is 6.41. The van der Waals surface area contributed by atoms with Gasteiger partial charge in [0.2, 0.25) is 0 Å². The smallest absolute Gasteiger partial charge is 0.270 e. The van der Waals surface area contributed by atoms with E-state index in [1.807, 2.05) is 63.2 Å². The van der Waals surface area contributed by atoms with E-state index in [1.54, 1.807) is 6.92 Å². The van der Waals surface area contributed by atoms with Gasteiger partial charge in [-0.2, -0.15) is 4.98 Å². The Labute approximate surface area is 163 Å². The van der Waals surface area contributed by atoms with E-state index in [-0.39, 0.29) is 11.9 Å². The minimum absolute atomic E-state index is 0.0874. The SMILES string of the molecule is CCOc1ccc(-c2nc(NC(=O)[C@H](C)Oc3ccc(C)c(C)c3)no2)cc1. The summed E-state index contributed by atoms with van der Waals surface area (Å²) in [5.41, 5.74) is 3.00. The van der Waals surface area contributed by atoms with Crippen LogP contribution in [0.4, 0.5) is 5.95 Å². The Bertz CT molecular complexity index is 951. The van der Waals surface area contributed by atoms with Gasteiger partial charge in [-0.05, 0) is 80.4 Å². The zero-order valence-corrected chi connectivity index (χ0v) is 16.4. The molecule has 0 aliphatic heterocycles. The molecule has 1 heterocycles. The topological polar surface area (TPSA) is 86.5 Å². The van der Waals surface area contributed by atoms with Crippen molar-refractivity contribution in [3.63, 3.8) is 0 Å². The minimum Gasteiger partial charge on any atom is -0.494 e. The number of nitrogens with zero attached hydrogens (tertiary/aromatic N) is 2. The fourth-order valence-corrected chi connectivity index (χ4v) is 2.51. The molecule has 2 aromatic carbocycles. The van der Waals surface area contributed by atoms with Gasteiger partial charge in [-0.25, -0.2) is 0 Å². The highest BCUT2D eigenvalue weighted by Crippen LogP contribution is 2.22. The number of anilines is 1. The monoisotopic (exact) mass is 381 g/mol. The van der Waals surface area contributed by atoms with Crippen LogP contribution >= 0.6 is 0 Å². The van der Waals surface area contributed by atoms with E-state index < -0.39 is 6.10 Å². The molecule has 0 unspecified atom stereocenters. The van der Waals surface area contributed by atoms with Crippen LogP contribution in [0.2, 0.25) is 0 Å². The zero-order chi connectivity index (χ0) is 20.1. The third kappa shape index (κ3) is 4.68. The number of carbonyl (C=O) groups excluding carboxylic acids is 1. The molecule has 3 rings (SSSR count). The average Bonchev–Trinajstić information content (AvgIpc) is 3.14. The van der Waals surface area contributed by atoms with Crippen molar-refractivity contribution >= 4 is 11.9 Å². The highest BCUT2D eigenvalue weighted by atomic mass is 16.5. The maximum absolute atomic E-state index is 12.4. The summed E-state index contributed by atoms with van der Waals surface area (Å²) in [6, 6.07) is 13.0. The van der Waals surface area contributed by atoms with E-state index >= 15 is 0 Å². The van der Waals surface area contributed by atoms with Crippen LogP contribution in [-0.4, -0.2) is 28.8 Å². The number of ether oxygens (including phenoxy) is 2. The summed E-state index contributed by atoms with van der Waals surface area (Å²) in [4.78, 5) is 16.6. The molecule has 0 aliphatic rings. The number of nitrogens with one attached hydrogen (secondary N) is 1. The van der Waals surface area contributed by atoms with Crippen LogP contribution in [-0.2, 0) is 4.79 Å². The molecule has 1 atom stereocenters. The normalized spacial score (nSPS) is 11.7. The van der Waals surface area contributed by atoms with Crippen LogP contribution in [0.1, 0.15) is 25.0 Å². The van der Waals surface area contributed by atoms with Crippen molar-refractivity contribution in [2.75, 3.05) is 11.9 Å². The van der Waals surface area contributed by atoms with Crippen LogP contribution in [0.25, 0.3) is 11.5 Å². The number of carbonyl (C=O) groups is 1. The van der Waals surface area contributed by atoms with Gasteiger partial charge < -0.3 is 14.0 Å². The van der Waals surface area contributed by atoms with E-state index in [2.05, 4.69) is 15.5 Å². The number of rotatable bonds is 7. The molecule has 1 N–H and O–H groups in total. The zero-order valence-electron chi connectivity index (χ0n) is 16.4. The van der Waals surface area contributed by atoms with Crippen molar-refractivity contribution in [2.45, 2.75) is 33.8 Å². The van der Waals surface area contributed by atoms with Gasteiger partial charge in [0.25, 0.3) is 17.7 Å². The Morgan fingerprint density at radius 1 is 1.11 bits per heavy atom. The standard InChI is InChI=1S/C21H23N3O4/c1-5-26-17-10-7-16(8-11-17)20-23-21(24-28-20)22-19(25)15(4)27-18-9-6-13(2)14(3)12-18/h6-12,15H,5H2,1-4H3,(H,22,24,25)/t15-/m0/s1. The lowest BCUT2D eigenvalue weighted by molar-refractivity contribution is -0.122. The van der Waals surface area contributed by atoms with E-state index in [1.165, 1.54) is 0 Å². The van der Waals surface area contributed by atoms with Gasteiger partial charge in [-0.3, -0.25) is 10.1 Å². The number of hydrogen-bond donors (Lipinski definition) is 1. The van der Waals surface area contributed by atoms with E-state index in [0.717, 1.165) is 22.4 Å². The first-order valence-corrected chi connectivity index (χ1v) is 9.08. The third-order valence-electron chi connectivity index (χ3n) is 4.23. The number of aromatic nitrogens is 2. The first-order valence-electron chi connectivity index (χ1n) is 9.08. The van der Waals surface area contributed by atoms with Crippen LogP contribution in [0, 0.1) is 13.8 Å². The Morgan fingerprint density at radius 2 is 1.82 bits per heavy atom. The molecule has 0 aliphatic carbocycles. The second-order valence-corrected chi connectivity index (χ2v) is 6.38. The molecule has 0 bridgehead atoms. The number of benzene rings is 2. The highest BCUT2D eigenvalue weighted by molar-refractivity contribution is 5.92. The molecule has 0 radical (unpaired) electrons. The van der Waals surface area contributed by atoms with Gasteiger partial charge in [0, 0.05) is 5.56 Å². The Balaban J connectivity index is 1.61. The summed E-state index contributed by atoms with van der Waals surface area (Å²) in [7, 11) is 0. The molecule has 7 nitrogen and oxygen atoms in total. The quantitative estimate of drug-likeness (QED) is 0.661. The van der Waals surface area contributed by atoms with Gasteiger partial charge >= 0.3 is 0 Å². The molecule has 0 spiro atoms. The maximum Gasteiger partial charge on any atom is 0.270 e. The van der Waals surface area contributed by atoms with Crippen molar-refractivity contribution in [3.05, 3.63) is 53.6 Å². The molecule has 0 saturated carbocycles. The fourth-order valence-electron chi connectivity index (χ4n) is 2.51. The first-order chi connectivity index (χ1) is 13.5. The van der Waals surface area contributed by atoms with Gasteiger partial charge in [-0.1, -0.05) is 6.07 Å². The van der Waals surface area contributed by atoms with Crippen LogP contribution < -0.4 is 14.8 Å². The average molecular weight is 381 g/mol. The van der Waals surface area contributed by atoms with Crippen LogP contribution in [0.5, 0.6) is 11.5 Å². The highest BCUT2D eigenvalue weighted by Gasteiger charge is 2.18. The van der Waals surface area contributed by atoms with Crippen LogP contribution in [0.3, 0.4) is 0 Å². The lowest BCUT2D eigenvalue weighted by atomic mass is 10.1. The van der Waals surface area contributed by atoms with Crippen molar-refractivity contribution in [2.24, 2.45) is 0 Å². The largest absolute Gasteiger partial charge is 0.494 e. The third-order valence-corrected chi connectivity index (χ3v) is 4.23. The van der Waals surface area contributed by atoms with Crippen molar-refractivity contribution < 1.29 is 18.8 Å². The van der Waals surface area contributed by atoms with Crippen molar-refractivity contribution in [3.8, 4) is 23.0 Å². The summed E-state index contributed by atoms with van der Waals surface area (Å²) in [6.45, 7) is 8.20. The van der Waals surface area contributed by atoms with Crippen LogP contribution in [0.15, 0.2) is 47.0 Å². The molecular weight excluding hydrogens is 358 g/mol. The summed E-state index contributed by atoms with van der Waals surface area (Å²) in [5.74, 6) is 1.42. The van der Waals surface area contributed by atoms with E-state index in [9.17, 15) is 4.79 Å². The Hall–Kier alpha value is -3.35. The molecule has 1 aromatic heterocycles. The Kier molecular flexibility index (Phi) is 5.93. The second-order valence-electron chi connectivity index (χ2n) is 6.38. The minimum atomic E-state index is -0.713. The molecular formula is C21H23N3O4. The maximum atomic E-state index is 12.4. The predicted molar refractivity (Wildman–Crippen MR) is 106 cm³/mol. The van der Waals surface area contributed by atoms with Crippen molar-refractivity contribution in [1.29, 1.82) is 0 Å².